The first kappa shape index (κ1) is 22.0. The van der Waals surface area contributed by atoms with Crippen LogP contribution in [0.3, 0.4) is 0 Å². The van der Waals surface area contributed by atoms with Crippen LogP contribution in [0.25, 0.3) is 0 Å². The van der Waals surface area contributed by atoms with E-state index in [4.69, 9.17) is 9.47 Å². The zero-order valence-electron chi connectivity index (χ0n) is 17.7. The zero-order chi connectivity index (χ0) is 22.2. The quantitative estimate of drug-likeness (QED) is 0.487. The number of β-lactam (4-membered cyclic amide) rings is 1. The highest BCUT2D eigenvalue weighted by molar-refractivity contribution is 8.01. The van der Waals surface area contributed by atoms with Gasteiger partial charge in [-0.15, -0.1) is 11.8 Å². The van der Waals surface area contributed by atoms with Crippen LogP contribution in [0.4, 0.5) is 0 Å². The minimum absolute atomic E-state index is 0.150. The van der Waals surface area contributed by atoms with E-state index in [1.54, 1.807) is 38.1 Å². The van der Waals surface area contributed by atoms with E-state index in [0.29, 0.717) is 5.75 Å². The number of carboxylic acids is 1. The Kier molecular flexibility index (Phi) is 5.91. The lowest BCUT2D eigenvalue weighted by atomic mass is 9.92. The Labute approximate surface area is 185 Å². The highest BCUT2D eigenvalue weighted by atomic mass is 32.2. The van der Waals surface area contributed by atoms with Crippen LogP contribution in [-0.2, 0) is 19.1 Å². The monoisotopic (exact) mass is 448 g/mol. The molecule has 2 heterocycles. The molecule has 1 aromatic rings. The van der Waals surface area contributed by atoms with E-state index in [2.05, 4.69) is 5.32 Å². The molecular formula is C22H28N2O6S. The molecule has 2 aliphatic heterocycles. The Morgan fingerprint density at radius 3 is 2.52 bits per heavy atom. The van der Waals surface area contributed by atoms with Crippen LogP contribution in [0.5, 0.6) is 5.75 Å². The van der Waals surface area contributed by atoms with Crippen LogP contribution in [0.15, 0.2) is 30.3 Å². The van der Waals surface area contributed by atoms with E-state index in [9.17, 15) is 19.5 Å². The lowest BCUT2D eigenvalue weighted by molar-refractivity contribution is -0.219. The van der Waals surface area contributed by atoms with E-state index in [-0.39, 0.29) is 12.7 Å². The summed E-state index contributed by atoms with van der Waals surface area (Å²) in [6.45, 7) is 3.33. The second-order valence-electron chi connectivity index (χ2n) is 8.79. The summed E-state index contributed by atoms with van der Waals surface area (Å²) < 4.78 is 11.1. The molecule has 1 saturated carbocycles. The van der Waals surface area contributed by atoms with Gasteiger partial charge >= 0.3 is 5.97 Å². The highest BCUT2D eigenvalue weighted by Crippen LogP contribution is 2.55. The van der Waals surface area contributed by atoms with Crippen molar-refractivity contribution in [1.29, 1.82) is 0 Å². The van der Waals surface area contributed by atoms with Crippen LogP contribution in [0.1, 0.15) is 46.0 Å². The molecule has 2 amide bonds. The lowest BCUT2D eigenvalue weighted by Crippen LogP contribution is -2.81. The normalized spacial score (nSPS) is 29.7. The fourth-order valence-corrected chi connectivity index (χ4v) is 6.27. The number of hydrogen-bond acceptors (Lipinski definition) is 6. The number of para-hydroxylation sites is 1. The third kappa shape index (κ3) is 4.01. The van der Waals surface area contributed by atoms with Crippen molar-refractivity contribution < 1.29 is 29.0 Å². The first-order chi connectivity index (χ1) is 14.7. The predicted molar refractivity (Wildman–Crippen MR) is 114 cm³/mol. The fraction of sp³-hybridized carbons (Fsp3) is 0.591. The molecule has 0 aromatic heterocycles. The second-order valence-corrected chi connectivity index (χ2v) is 10.5. The number of benzene rings is 1. The van der Waals surface area contributed by atoms with Gasteiger partial charge in [-0.1, -0.05) is 37.5 Å². The summed E-state index contributed by atoms with van der Waals surface area (Å²) in [7, 11) is 0. The maximum atomic E-state index is 13.3. The summed E-state index contributed by atoms with van der Waals surface area (Å²) in [5, 5.41) is 11.9. The molecule has 3 fully saturated rings. The molecule has 0 spiro atoms. The number of amides is 2. The van der Waals surface area contributed by atoms with Gasteiger partial charge in [0.2, 0.25) is 0 Å². The Balaban J connectivity index is 1.54. The second kappa shape index (κ2) is 8.35. The Morgan fingerprint density at radius 2 is 1.87 bits per heavy atom. The van der Waals surface area contributed by atoms with Gasteiger partial charge in [-0.3, -0.25) is 9.59 Å². The molecule has 4 rings (SSSR count). The van der Waals surface area contributed by atoms with Crippen LogP contribution in [0, 0.1) is 0 Å². The minimum atomic E-state index is -1.56. The van der Waals surface area contributed by atoms with E-state index >= 15 is 0 Å². The van der Waals surface area contributed by atoms with Gasteiger partial charge in [-0.2, -0.15) is 0 Å². The van der Waals surface area contributed by atoms with E-state index in [1.807, 2.05) is 6.07 Å². The number of nitrogens with one attached hydrogen (secondary N) is 1. The number of aliphatic carboxylic acids is 1. The average molecular weight is 449 g/mol. The van der Waals surface area contributed by atoms with Gasteiger partial charge in [0.1, 0.15) is 17.2 Å². The standard InChI is InChI=1S/C22H28N2O6S/c1-21(2)17(18(26)27)24-19(28)22(20(24)31-21,30-15-11-7-4-8-12-15)23-16(25)13-29-14-9-5-3-6-10-14/h3,5-6,9-10,15,17,20H,4,7-8,11-13H2,1-2H3,(H,23,25)(H,26,27)/t17-,20+,22?/m0/s1. The number of nitrogens with zero attached hydrogens (tertiary/aromatic N) is 1. The van der Waals surface area contributed by atoms with Crippen molar-refractivity contribution in [2.75, 3.05) is 6.61 Å². The molecule has 9 heteroatoms. The molecule has 0 bridgehead atoms. The van der Waals surface area contributed by atoms with Gasteiger partial charge in [0.05, 0.1) is 6.10 Å². The largest absolute Gasteiger partial charge is 0.484 e. The maximum absolute atomic E-state index is 13.3. The summed E-state index contributed by atoms with van der Waals surface area (Å²) in [5.74, 6) is -1.49. The van der Waals surface area contributed by atoms with Crippen molar-refractivity contribution in [1.82, 2.24) is 10.2 Å². The van der Waals surface area contributed by atoms with Gasteiger partial charge < -0.3 is 24.8 Å². The van der Waals surface area contributed by atoms with Gasteiger partial charge in [0, 0.05) is 4.75 Å². The summed E-state index contributed by atoms with van der Waals surface area (Å²) in [4.78, 5) is 39.3. The maximum Gasteiger partial charge on any atom is 0.327 e. The number of carboxylic acid groups (broad SMARTS) is 1. The molecule has 3 atom stereocenters. The van der Waals surface area contributed by atoms with E-state index in [0.717, 1.165) is 32.1 Å². The van der Waals surface area contributed by atoms with Crippen molar-refractivity contribution in [2.24, 2.45) is 0 Å². The molecule has 1 aliphatic carbocycles. The highest BCUT2D eigenvalue weighted by Gasteiger charge is 2.73. The van der Waals surface area contributed by atoms with Gasteiger partial charge in [0.25, 0.3) is 17.5 Å². The number of thioether (sulfide) groups is 1. The topological polar surface area (TPSA) is 105 Å². The Morgan fingerprint density at radius 1 is 1.19 bits per heavy atom. The summed E-state index contributed by atoms with van der Waals surface area (Å²) in [5.41, 5.74) is -1.56. The SMILES string of the molecule is CC1(C)S[C@H]2N(C(=O)C2(NC(=O)COc2ccccc2)OC2CCCCC2)[C@H]1C(=O)O. The molecule has 31 heavy (non-hydrogen) atoms. The van der Waals surface area contributed by atoms with E-state index < -0.39 is 39.7 Å². The van der Waals surface area contributed by atoms with Crippen molar-refractivity contribution >= 4 is 29.5 Å². The molecule has 1 unspecified atom stereocenters. The van der Waals surface area contributed by atoms with Crippen LogP contribution >= 0.6 is 11.8 Å². The number of rotatable bonds is 7. The van der Waals surface area contributed by atoms with Gasteiger partial charge in [-0.05, 0) is 38.8 Å². The minimum Gasteiger partial charge on any atom is -0.484 e. The Bertz CT molecular complexity index is 857. The molecular weight excluding hydrogens is 420 g/mol. The van der Waals surface area contributed by atoms with Crippen LogP contribution < -0.4 is 10.1 Å². The van der Waals surface area contributed by atoms with Gasteiger partial charge in [0.15, 0.2) is 6.61 Å². The first-order valence-electron chi connectivity index (χ1n) is 10.6. The number of hydrogen-bond donors (Lipinski definition) is 2. The number of carbonyl (C=O) groups excluding carboxylic acids is 2. The molecule has 8 nitrogen and oxygen atoms in total. The summed E-state index contributed by atoms with van der Waals surface area (Å²) in [6.07, 6.45) is 4.61. The molecule has 2 saturated heterocycles. The predicted octanol–water partition coefficient (Wildman–Crippen LogP) is 2.37. The van der Waals surface area contributed by atoms with Crippen molar-refractivity contribution in [3.05, 3.63) is 30.3 Å². The number of carbonyl (C=O) groups is 3. The molecule has 3 aliphatic rings. The fourth-order valence-electron chi connectivity index (χ4n) is 4.64. The third-order valence-corrected chi connectivity index (χ3v) is 7.69. The zero-order valence-corrected chi connectivity index (χ0v) is 18.5. The summed E-state index contributed by atoms with van der Waals surface area (Å²) in [6, 6.07) is 7.96. The third-order valence-electron chi connectivity index (χ3n) is 6.08. The van der Waals surface area contributed by atoms with E-state index in [1.165, 1.54) is 16.7 Å². The molecule has 0 radical (unpaired) electrons. The van der Waals surface area contributed by atoms with Crippen LogP contribution in [-0.4, -0.2) is 62.4 Å². The number of ether oxygens (including phenoxy) is 2. The summed E-state index contributed by atoms with van der Waals surface area (Å²) >= 11 is 1.35. The smallest absolute Gasteiger partial charge is 0.327 e. The van der Waals surface area contributed by atoms with Crippen LogP contribution in [0.2, 0.25) is 0 Å². The van der Waals surface area contributed by atoms with Gasteiger partial charge in [-0.25, -0.2) is 4.79 Å². The molecule has 168 valence electrons. The van der Waals surface area contributed by atoms with Crippen molar-refractivity contribution in [3.8, 4) is 5.75 Å². The first-order valence-corrected chi connectivity index (χ1v) is 11.5. The molecule has 2 N–H and O–H groups in total. The Hall–Kier alpha value is -2.26. The van der Waals surface area contributed by atoms with Crippen molar-refractivity contribution in [3.63, 3.8) is 0 Å². The van der Waals surface area contributed by atoms with Crippen molar-refractivity contribution in [2.45, 2.75) is 73.9 Å². The molecule has 1 aromatic carbocycles. The lowest BCUT2D eigenvalue weighted by Gasteiger charge is -2.53. The number of fused-ring (bicyclic) bond motifs is 1. The average Bonchev–Trinajstić information content (AvgIpc) is 3.02.